The number of urea groups is 1. The fourth-order valence-corrected chi connectivity index (χ4v) is 1.74. The number of hydrogen-bond donors (Lipinski definition) is 3. The van der Waals surface area contributed by atoms with E-state index in [4.69, 9.17) is 5.11 Å². The van der Waals surface area contributed by atoms with E-state index in [9.17, 15) is 9.59 Å². The number of anilines is 1. The number of amides is 2. The van der Waals surface area contributed by atoms with Gasteiger partial charge in [0.15, 0.2) is 0 Å². The Morgan fingerprint density at radius 2 is 1.90 bits per heavy atom. The summed E-state index contributed by atoms with van der Waals surface area (Å²) < 4.78 is 0. The van der Waals surface area contributed by atoms with Crippen molar-refractivity contribution in [3.05, 3.63) is 18.7 Å². The summed E-state index contributed by atoms with van der Waals surface area (Å²) in [6.07, 6.45) is 4.75. The third kappa shape index (κ3) is 6.12. The Morgan fingerprint density at radius 1 is 1.30 bits per heavy atom. The van der Waals surface area contributed by atoms with Crippen molar-refractivity contribution in [2.75, 3.05) is 11.9 Å². The van der Waals surface area contributed by atoms with Gasteiger partial charge in [-0.1, -0.05) is 20.8 Å². The SMILES string of the molecule is CC(C)(C)CC(CNC(=O)Nc1cncnc1)C(=O)O. The molecule has 0 spiro atoms. The summed E-state index contributed by atoms with van der Waals surface area (Å²) >= 11 is 0. The molecule has 0 radical (unpaired) electrons. The molecule has 2 amide bonds. The Balaban J connectivity index is 2.47. The lowest BCUT2D eigenvalue weighted by Crippen LogP contribution is -2.37. The summed E-state index contributed by atoms with van der Waals surface area (Å²) in [5, 5.41) is 14.2. The van der Waals surface area contributed by atoms with Gasteiger partial charge >= 0.3 is 12.0 Å². The van der Waals surface area contributed by atoms with Gasteiger partial charge in [0.2, 0.25) is 0 Å². The highest BCUT2D eigenvalue weighted by Gasteiger charge is 2.24. The first-order valence-corrected chi connectivity index (χ1v) is 6.30. The lowest BCUT2D eigenvalue weighted by molar-refractivity contribution is -0.142. The monoisotopic (exact) mass is 280 g/mol. The lowest BCUT2D eigenvalue weighted by Gasteiger charge is -2.23. The van der Waals surface area contributed by atoms with Gasteiger partial charge in [-0.15, -0.1) is 0 Å². The minimum atomic E-state index is -0.914. The molecule has 0 saturated carbocycles. The summed E-state index contributed by atoms with van der Waals surface area (Å²) in [7, 11) is 0. The van der Waals surface area contributed by atoms with Crippen molar-refractivity contribution >= 4 is 17.7 Å². The van der Waals surface area contributed by atoms with Crippen molar-refractivity contribution in [1.29, 1.82) is 0 Å². The van der Waals surface area contributed by atoms with Crippen molar-refractivity contribution in [3.63, 3.8) is 0 Å². The summed E-state index contributed by atoms with van der Waals surface area (Å²) in [6.45, 7) is 5.96. The maximum atomic E-state index is 11.6. The standard InChI is InChI=1S/C13H20N4O3/c1-13(2,3)4-9(11(18)19)5-16-12(20)17-10-6-14-8-15-7-10/h6-9H,4-5H2,1-3H3,(H,18,19)(H2,16,17,20). The van der Waals surface area contributed by atoms with Crippen LogP contribution in [0.25, 0.3) is 0 Å². The molecule has 1 heterocycles. The Morgan fingerprint density at radius 3 is 2.40 bits per heavy atom. The minimum Gasteiger partial charge on any atom is -0.481 e. The number of rotatable bonds is 5. The minimum absolute atomic E-state index is 0.0755. The zero-order valence-electron chi connectivity index (χ0n) is 11.9. The first-order chi connectivity index (χ1) is 9.28. The van der Waals surface area contributed by atoms with Gasteiger partial charge in [-0.25, -0.2) is 14.8 Å². The van der Waals surface area contributed by atoms with E-state index in [2.05, 4.69) is 20.6 Å². The van der Waals surface area contributed by atoms with Gasteiger partial charge in [0, 0.05) is 6.54 Å². The number of carboxylic acid groups (broad SMARTS) is 1. The second-order valence-corrected chi connectivity index (χ2v) is 5.76. The summed E-state index contributed by atoms with van der Waals surface area (Å²) in [4.78, 5) is 30.3. The Kier molecular flexibility index (Phi) is 5.42. The van der Waals surface area contributed by atoms with Crippen molar-refractivity contribution in [3.8, 4) is 0 Å². The second-order valence-electron chi connectivity index (χ2n) is 5.76. The van der Waals surface area contributed by atoms with Crippen molar-refractivity contribution in [1.82, 2.24) is 15.3 Å². The molecule has 1 rings (SSSR count). The van der Waals surface area contributed by atoms with Crippen molar-refractivity contribution in [2.24, 2.45) is 11.3 Å². The van der Waals surface area contributed by atoms with Crippen LogP contribution >= 0.6 is 0 Å². The molecule has 110 valence electrons. The number of hydrogen-bond acceptors (Lipinski definition) is 4. The zero-order chi connectivity index (χ0) is 15.2. The van der Waals surface area contributed by atoms with Crippen molar-refractivity contribution in [2.45, 2.75) is 27.2 Å². The highest BCUT2D eigenvalue weighted by molar-refractivity contribution is 5.89. The van der Waals surface area contributed by atoms with E-state index in [1.54, 1.807) is 0 Å². The Hall–Kier alpha value is -2.18. The van der Waals surface area contributed by atoms with E-state index >= 15 is 0 Å². The molecular formula is C13H20N4O3. The molecule has 7 nitrogen and oxygen atoms in total. The molecule has 0 aliphatic carbocycles. The van der Waals surface area contributed by atoms with Crippen LogP contribution in [0.2, 0.25) is 0 Å². The van der Waals surface area contributed by atoms with Crippen LogP contribution in [0.4, 0.5) is 10.5 Å². The van der Waals surface area contributed by atoms with Crippen LogP contribution in [0.5, 0.6) is 0 Å². The van der Waals surface area contributed by atoms with E-state index in [1.807, 2.05) is 20.8 Å². The maximum absolute atomic E-state index is 11.6. The predicted molar refractivity (Wildman–Crippen MR) is 74.3 cm³/mol. The lowest BCUT2D eigenvalue weighted by atomic mass is 9.84. The number of aliphatic carboxylic acids is 1. The number of carbonyl (C=O) groups excluding carboxylic acids is 1. The molecule has 20 heavy (non-hydrogen) atoms. The summed E-state index contributed by atoms with van der Waals surface area (Å²) in [5.74, 6) is -1.53. The summed E-state index contributed by atoms with van der Waals surface area (Å²) in [6, 6.07) is -0.472. The largest absolute Gasteiger partial charge is 0.481 e. The number of carbonyl (C=O) groups is 2. The molecule has 1 aromatic rings. The van der Waals surface area contributed by atoms with Crippen LogP contribution in [0, 0.1) is 11.3 Å². The van der Waals surface area contributed by atoms with Crippen LogP contribution < -0.4 is 10.6 Å². The van der Waals surface area contributed by atoms with Crippen LogP contribution in [0.3, 0.4) is 0 Å². The summed E-state index contributed by atoms with van der Waals surface area (Å²) in [5.41, 5.74) is 0.335. The highest BCUT2D eigenvalue weighted by atomic mass is 16.4. The molecule has 1 atom stereocenters. The molecule has 0 aliphatic heterocycles. The molecule has 1 aromatic heterocycles. The first-order valence-electron chi connectivity index (χ1n) is 6.30. The van der Waals surface area contributed by atoms with Gasteiger partial charge < -0.3 is 15.7 Å². The van der Waals surface area contributed by atoms with Crippen molar-refractivity contribution < 1.29 is 14.7 Å². The van der Waals surface area contributed by atoms with E-state index in [0.717, 1.165) is 0 Å². The molecule has 0 bridgehead atoms. The third-order valence-electron chi connectivity index (χ3n) is 2.54. The smallest absolute Gasteiger partial charge is 0.319 e. The fraction of sp³-hybridized carbons (Fsp3) is 0.538. The van der Waals surface area contributed by atoms with E-state index in [-0.39, 0.29) is 12.0 Å². The Labute approximate surface area is 117 Å². The number of nitrogens with one attached hydrogen (secondary N) is 2. The topological polar surface area (TPSA) is 104 Å². The van der Waals surface area contributed by atoms with E-state index in [1.165, 1.54) is 18.7 Å². The average molecular weight is 280 g/mol. The molecule has 3 N–H and O–H groups in total. The molecule has 0 saturated heterocycles. The normalized spacial score (nSPS) is 12.6. The van der Waals surface area contributed by atoms with Gasteiger partial charge in [0.1, 0.15) is 6.33 Å². The van der Waals surface area contributed by atoms with Gasteiger partial charge in [-0.3, -0.25) is 4.79 Å². The van der Waals surface area contributed by atoms with Gasteiger partial charge in [0.05, 0.1) is 24.0 Å². The Bertz CT molecular complexity index is 456. The van der Waals surface area contributed by atoms with Crippen LogP contribution in [-0.4, -0.2) is 33.6 Å². The zero-order valence-corrected chi connectivity index (χ0v) is 11.9. The molecule has 0 aliphatic rings. The van der Waals surface area contributed by atoms with Crippen LogP contribution in [0.15, 0.2) is 18.7 Å². The third-order valence-corrected chi connectivity index (χ3v) is 2.54. The molecule has 0 aromatic carbocycles. The number of aromatic nitrogens is 2. The molecule has 1 unspecified atom stereocenters. The number of nitrogens with zero attached hydrogens (tertiary/aromatic N) is 2. The van der Waals surface area contributed by atoms with E-state index < -0.39 is 17.9 Å². The van der Waals surface area contributed by atoms with Crippen LogP contribution in [-0.2, 0) is 4.79 Å². The quantitative estimate of drug-likeness (QED) is 0.762. The maximum Gasteiger partial charge on any atom is 0.319 e. The molecule has 0 fully saturated rings. The van der Waals surface area contributed by atoms with Gasteiger partial charge in [0.25, 0.3) is 0 Å². The number of carboxylic acids is 1. The molecular weight excluding hydrogens is 260 g/mol. The average Bonchev–Trinajstić information content (AvgIpc) is 2.34. The van der Waals surface area contributed by atoms with Gasteiger partial charge in [-0.2, -0.15) is 0 Å². The predicted octanol–water partition coefficient (Wildman–Crippen LogP) is 1.74. The van der Waals surface area contributed by atoms with Crippen LogP contribution in [0.1, 0.15) is 27.2 Å². The highest BCUT2D eigenvalue weighted by Crippen LogP contribution is 2.24. The first kappa shape index (κ1) is 15.9. The van der Waals surface area contributed by atoms with E-state index in [0.29, 0.717) is 12.1 Å². The van der Waals surface area contributed by atoms with Gasteiger partial charge in [-0.05, 0) is 11.8 Å². The molecule has 7 heteroatoms. The fourth-order valence-electron chi connectivity index (χ4n) is 1.74. The second kappa shape index (κ2) is 6.83.